The van der Waals surface area contributed by atoms with Gasteiger partial charge in [-0.05, 0) is 24.1 Å². The van der Waals surface area contributed by atoms with Crippen LogP contribution in [0, 0.1) is 0 Å². The maximum atomic E-state index is 2.34. The van der Waals surface area contributed by atoms with Crippen LogP contribution >= 0.6 is 7.92 Å². The molecular weight excluding hydrogens is 343 g/mol. The van der Waals surface area contributed by atoms with E-state index in [1.807, 2.05) is 36.4 Å². The minimum absolute atomic E-state index is 0.455. The summed E-state index contributed by atoms with van der Waals surface area (Å²) in [5.74, 6) is 2.34. The molecule has 0 saturated carbocycles. The van der Waals surface area contributed by atoms with Gasteiger partial charge in [0.25, 0.3) is 0 Å². The zero-order valence-electron chi connectivity index (χ0n) is 15.2. The Labute approximate surface area is 163 Å². The molecule has 0 bridgehead atoms. The van der Waals surface area contributed by atoms with E-state index >= 15 is 0 Å². The van der Waals surface area contributed by atoms with Crippen molar-refractivity contribution in [2.24, 2.45) is 0 Å². The summed E-state index contributed by atoms with van der Waals surface area (Å²) in [6.45, 7) is 0. The van der Waals surface area contributed by atoms with Gasteiger partial charge in [-0.15, -0.1) is 0 Å². The van der Waals surface area contributed by atoms with Gasteiger partial charge in [0, 0.05) is 0 Å². The van der Waals surface area contributed by atoms with E-state index in [4.69, 9.17) is 0 Å². The summed E-state index contributed by atoms with van der Waals surface area (Å²) in [5.41, 5.74) is 1.25. The highest BCUT2D eigenvalue weighted by molar-refractivity contribution is 7.75. The van der Waals surface area contributed by atoms with E-state index in [0.29, 0.717) is 0 Å². The molecule has 0 nitrogen and oxygen atoms in total. The molecule has 0 aliphatic carbocycles. The summed E-state index contributed by atoms with van der Waals surface area (Å²) < 4.78 is 0. The Hall–Kier alpha value is -2.95. The molecule has 27 heavy (non-hydrogen) atoms. The Morgan fingerprint density at radius 1 is 0.407 bits per heavy atom. The number of rotatable bonds is 4. The van der Waals surface area contributed by atoms with Crippen LogP contribution in [-0.4, -0.2) is 0 Å². The minimum Gasteiger partial charge on any atom is -0.0623 e. The summed E-state index contributed by atoms with van der Waals surface area (Å²) in [6, 6.07) is 44.0. The molecule has 4 rings (SSSR count). The highest BCUT2D eigenvalue weighted by Gasteiger charge is 2.09. The smallest absolute Gasteiger partial charge is 0.0157 e. The third-order valence-corrected chi connectivity index (χ3v) is 6.11. The molecular formula is C26H23P. The van der Waals surface area contributed by atoms with Crippen molar-refractivity contribution < 1.29 is 0 Å². The topological polar surface area (TPSA) is 0 Å². The lowest BCUT2D eigenvalue weighted by molar-refractivity contribution is 1.66. The third-order valence-electron chi connectivity index (χ3n) is 3.95. The molecule has 0 aromatic heterocycles. The van der Waals surface area contributed by atoms with Crippen molar-refractivity contribution in [3.8, 4) is 0 Å². The Bertz CT molecular complexity index is 835. The number of hydrogen-bond acceptors (Lipinski definition) is 0. The maximum absolute atomic E-state index is 2.34. The highest BCUT2D eigenvalue weighted by atomic mass is 31.1. The molecule has 1 heteroatoms. The van der Waals surface area contributed by atoms with Crippen molar-refractivity contribution in [2.45, 2.75) is 0 Å². The van der Waals surface area contributed by atoms with E-state index in [0.717, 1.165) is 0 Å². The van der Waals surface area contributed by atoms with Crippen LogP contribution in [0.2, 0.25) is 0 Å². The third kappa shape index (κ3) is 6.37. The number of benzene rings is 4. The second-order valence-electron chi connectivity index (χ2n) is 5.92. The van der Waals surface area contributed by atoms with E-state index in [2.05, 4.69) is 103 Å². The first-order chi connectivity index (χ1) is 13.4. The molecule has 0 heterocycles. The molecule has 0 unspecified atom stereocenters. The molecule has 0 saturated heterocycles. The summed E-state index contributed by atoms with van der Waals surface area (Å²) in [7, 11) is -0.455. The predicted molar refractivity (Wildman–Crippen MR) is 121 cm³/mol. The number of hydrogen-bond donors (Lipinski definition) is 0. The summed E-state index contributed by atoms with van der Waals surface area (Å²) in [6.07, 6.45) is 2.23. The zero-order valence-corrected chi connectivity index (χ0v) is 16.1. The lowest BCUT2D eigenvalue weighted by atomic mass is 10.2. The largest absolute Gasteiger partial charge is 0.0623 e. The van der Waals surface area contributed by atoms with Gasteiger partial charge >= 0.3 is 0 Å². The fourth-order valence-electron chi connectivity index (χ4n) is 2.61. The van der Waals surface area contributed by atoms with Crippen LogP contribution in [-0.2, 0) is 0 Å². The van der Waals surface area contributed by atoms with Gasteiger partial charge in [-0.3, -0.25) is 0 Å². The van der Waals surface area contributed by atoms with E-state index in [-0.39, 0.29) is 0 Å². The summed E-state index contributed by atoms with van der Waals surface area (Å²) in [4.78, 5) is 0. The van der Waals surface area contributed by atoms with Crippen LogP contribution in [0.3, 0.4) is 0 Å². The van der Waals surface area contributed by atoms with Crippen molar-refractivity contribution >= 4 is 24.6 Å². The van der Waals surface area contributed by atoms with Crippen LogP contribution in [0.4, 0.5) is 0 Å². The lowest BCUT2D eigenvalue weighted by Gasteiger charge is -2.14. The van der Waals surface area contributed by atoms with Crippen LogP contribution < -0.4 is 10.6 Å². The van der Waals surface area contributed by atoms with Gasteiger partial charge in [0.2, 0.25) is 0 Å². The normalized spacial score (nSPS) is 10.4. The van der Waals surface area contributed by atoms with Gasteiger partial charge < -0.3 is 0 Å². The molecule has 132 valence electrons. The zero-order chi connectivity index (χ0) is 18.6. The molecule has 0 amide bonds. The predicted octanol–water partition coefficient (Wildman–Crippen LogP) is 6.48. The molecule has 0 aliphatic rings. The monoisotopic (exact) mass is 366 g/mol. The average molecular weight is 366 g/mol. The standard InChI is InChI=1S/C20H17P.C6H6/c1-4-10-18(11-5-1)16-17-21(19-12-6-2-7-13-19)20-14-8-3-9-15-20;1-2-4-6-5-3-1/h1-17H;1-6H. The fraction of sp³-hybridized carbons (Fsp3) is 0. The summed E-state index contributed by atoms with van der Waals surface area (Å²) >= 11 is 0. The second-order valence-corrected chi connectivity index (χ2v) is 7.99. The van der Waals surface area contributed by atoms with Crippen LogP contribution in [0.15, 0.2) is 133 Å². The Balaban J connectivity index is 0.000000299. The molecule has 0 N–H and O–H groups in total. The fourth-order valence-corrected chi connectivity index (χ4v) is 4.56. The van der Waals surface area contributed by atoms with Crippen molar-refractivity contribution in [1.82, 2.24) is 0 Å². The first-order valence-corrected chi connectivity index (χ1v) is 10.5. The Morgan fingerprint density at radius 3 is 1.15 bits per heavy atom. The SMILES string of the molecule is C(=CP(c1ccccc1)c1ccccc1)c1ccccc1.c1ccccc1. The van der Waals surface area contributed by atoms with Crippen LogP contribution in [0.1, 0.15) is 5.56 Å². The van der Waals surface area contributed by atoms with Gasteiger partial charge in [-0.2, -0.15) is 0 Å². The second kappa shape index (κ2) is 10.9. The lowest BCUT2D eigenvalue weighted by Crippen LogP contribution is -2.09. The Morgan fingerprint density at radius 2 is 0.741 bits per heavy atom. The molecule has 0 atom stereocenters. The molecule has 4 aromatic carbocycles. The quantitative estimate of drug-likeness (QED) is 0.363. The molecule has 0 spiro atoms. The molecule has 0 aliphatic heterocycles. The minimum atomic E-state index is -0.455. The van der Waals surface area contributed by atoms with Crippen molar-refractivity contribution in [2.75, 3.05) is 0 Å². The van der Waals surface area contributed by atoms with E-state index in [1.165, 1.54) is 16.2 Å². The van der Waals surface area contributed by atoms with Crippen LogP contribution in [0.25, 0.3) is 6.08 Å². The van der Waals surface area contributed by atoms with Gasteiger partial charge in [-0.25, -0.2) is 0 Å². The first kappa shape index (κ1) is 18.8. The first-order valence-electron chi connectivity index (χ1n) is 9.06. The van der Waals surface area contributed by atoms with E-state index < -0.39 is 7.92 Å². The van der Waals surface area contributed by atoms with Crippen molar-refractivity contribution in [3.05, 3.63) is 139 Å². The molecule has 4 aromatic rings. The van der Waals surface area contributed by atoms with Gasteiger partial charge in [-0.1, -0.05) is 139 Å². The van der Waals surface area contributed by atoms with Crippen LogP contribution in [0.5, 0.6) is 0 Å². The molecule has 0 fully saturated rings. The van der Waals surface area contributed by atoms with Gasteiger partial charge in [0.1, 0.15) is 0 Å². The van der Waals surface area contributed by atoms with Gasteiger partial charge in [0.05, 0.1) is 0 Å². The summed E-state index contributed by atoms with van der Waals surface area (Å²) in [5, 5.41) is 2.76. The van der Waals surface area contributed by atoms with E-state index in [9.17, 15) is 0 Å². The Kier molecular flexibility index (Phi) is 7.61. The van der Waals surface area contributed by atoms with E-state index in [1.54, 1.807) is 0 Å². The van der Waals surface area contributed by atoms with Crippen molar-refractivity contribution in [1.29, 1.82) is 0 Å². The molecule has 0 radical (unpaired) electrons. The highest BCUT2D eigenvalue weighted by Crippen LogP contribution is 2.35. The maximum Gasteiger partial charge on any atom is -0.0157 e. The van der Waals surface area contributed by atoms with Crippen molar-refractivity contribution in [3.63, 3.8) is 0 Å². The van der Waals surface area contributed by atoms with Gasteiger partial charge in [0.15, 0.2) is 0 Å². The average Bonchev–Trinajstić information content (AvgIpc) is 2.78.